The molecule has 1 atom stereocenters. The zero-order chi connectivity index (χ0) is 14.8. The van der Waals surface area contributed by atoms with Crippen LogP contribution in [0.25, 0.3) is 10.8 Å². The van der Waals surface area contributed by atoms with Crippen molar-refractivity contribution >= 4 is 10.8 Å². The lowest BCUT2D eigenvalue weighted by molar-refractivity contribution is 0.0956. The van der Waals surface area contributed by atoms with E-state index in [2.05, 4.69) is 23.5 Å². The Bertz CT molecular complexity index is 591. The van der Waals surface area contributed by atoms with Crippen LogP contribution in [0.3, 0.4) is 0 Å². The summed E-state index contributed by atoms with van der Waals surface area (Å²) in [6.07, 6.45) is -0.427. The number of ether oxygens (including phenoxy) is 1. The Kier molecular flexibility index (Phi) is 4.31. The largest absolute Gasteiger partial charge is 0.496 e. The van der Waals surface area contributed by atoms with Crippen molar-refractivity contribution < 1.29 is 9.84 Å². The van der Waals surface area contributed by atoms with Crippen LogP contribution < -0.4 is 10.1 Å². The summed E-state index contributed by atoms with van der Waals surface area (Å²) in [5.74, 6) is 0.873. The van der Waals surface area contributed by atoms with Gasteiger partial charge in [0.15, 0.2) is 0 Å². The highest BCUT2D eigenvalue weighted by Gasteiger charge is 2.23. The van der Waals surface area contributed by atoms with E-state index in [0.29, 0.717) is 6.54 Å². The molecular formula is C17H23NO2. The van der Waals surface area contributed by atoms with Crippen LogP contribution in [0.15, 0.2) is 36.4 Å². The molecule has 3 nitrogen and oxygen atoms in total. The van der Waals surface area contributed by atoms with Crippen LogP contribution in [0.4, 0.5) is 0 Å². The summed E-state index contributed by atoms with van der Waals surface area (Å²) in [5, 5.41) is 15.6. The third kappa shape index (κ3) is 2.94. The zero-order valence-corrected chi connectivity index (χ0v) is 12.6. The highest BCUT2D eigenvalue weighted by Crippen LogP contribution is 2.28. The van der Waals surface area contributed by atoms with Gasteiger partial charge in [-0.05, 0) is 37.6 Å². The van der Waals surface area contributed by atoms with E-state index in [-0.39, 0.29) is 5.54 Å². The van der Waals surface area contributed by atoms with Gasteiger partial charge in [0.25, 0.3) is 0 Å². The van der Waals surface area contributed by atoms with Crippen molar-refractivity contribution in [2.24, 2.45) is 0 Å². The molecule has 0 aliphatic heterocycles. The number of fused-ring (bicyclic) bond motifs is 1. The third-order valence-corrected chi connectivity index (χ3v) is 3.98. The molecule has 108 valence electrons. The maximum atomic E-state index is 9.80. The number of aliphatic hydroxyl groups excluding tert-OH is 1. The molecule has 2 N–H and O–H groups in total. The summed E-state index contributed by atoms with van der Waals surface area (Å²) in [6.45, 7) is 6.44. The van der Waals surface area contributed by atoms with Gasteiger partial charge < -0.3 is 15.2 Å². The van der Waals surface area contributed by atoms with Crippen LogP contribution >= 0.6 is 0 Å². The number of hydrogen-bond acceptors (Lipinski definition) is 3. The predicted octanol–water partition coefficient (Wildman–Crippen LogP) is 3.10. The van der Waals surface area contributed by atoms with Crippen molar-refractivity contribution in [2.45, 2.75) is 39.0 Å². The minimum absolute atomic E-state index is 0.345. The number of rotatable bonds is 5. The highest BCUT2D eigenvalue weighted by atomic mass is 16.5. The standard InChI is InChI=1S/C17H23NO2/c1-12(19)17(2,3)18-11-15-14-8-6-5-7-13(14)9-10-16(15)20-4/h5-10,12,18-19H,11H2,1-4H3. The lowest BCUT2D eigenvalue weighted by Crippen LogP contribution is -2.47. The van der Waals surface area contributed by atoms with E-state index >= 15 is 0 Å². The van der Waals surface area contributed by atoms with Gasteiger partial charge >= 0.3 is 0 Å². The minimum Gasteiger partial charge on any atom is -0.496 e. The number of aliphatic hydroxyl groups is 1. The van der Waals surface area contributed by atoms with Gasteiger partial charge in [0.2, 0.25) is 0 Å². The smallest absolute Gasteiger partial charge is 0.123 e. The van der Waals surface area contributed by atoms with Gasteiger partial charge in [-0.1, -0.05) is 30.3 Å². The molecule has 2 aromatic rings. The molecule has 0 radical (unpaired) electrons. The molecule has 0 saturated carbocycles. The normalized spacial score (nSPS) is 13.4. The van der Waals surface area contributed by atoms with Crippen LogP contribution in [0.1, 0.15) is 26.3 Å². The van der Waals surface area contributed by atoms with Crippen LogP contribution in [-0.4, -0.2) is 23.9 Å². The topological polar surface area (TPSA) is 41.5 Å². The number of benzene rings is 2. The van der Waals surface area contributed by atoms with E-state index in [9.17, 15) is 5.11 Å². The second-order valence-corrected chi connectivity index (χ2v) is 5.72. The van der Waals surface area contributed by atoms with Gasteiger partial charge in [0, 0.05) is 17.6 Å². The summed E-state index contributed by atoms with van der Waals surface area (Å²) in [7, 11) is 1.69. The molecule has 0 amide bonds. The summed E-state index contributed by atoms with van der Waals surface area (Å²) in [6, 6.07) is 12.3. The molecule has 1 unspecified atom stereocenters. The van der Waals surface area contributed by atoms with Crippen LogP contribution in [0, 0.1) is 0 Å². The molecule has 0 aliphatic carbocycles. The fraction of sp³-hybridized carbons (Fsp3) is 0.412. The van der Waals surface area contributed by atoms with Gasteiger partial charge in [0.1, 0.15) is 5.75 Å². The Hall–Kier alpha value is -1.58. The van der Waals surface area contributed by atoms with Crippen molar-refractivity contribution in [2.75, 3.05) is 7.11 Å². The Labute approximate surface area is 120 Å². The molecule has 0 aliphatic rings. The lowest BCUT2D eigenvalue weighted by atomic mass is 9.97. The van der Waals surface area contributed by atoms with Gasteiger partial charge in [-0.2, -0.15) is 0 Å². The average molecular weight is 273 g/mol. The first-order chi connectivity index (χ1) is 9.45. The number of methoxy groups -OCH3 is 1. The number of hydrogen-bond donors (Lipinski definition) is 2. The second kappa shape index (κ2) is 5.81. The molecular weight excluding hydrogens is 250 g/mol. The molecule has 2 aromatic carbocycles. The van der Waals surface area contributed by atoms with Gasteiger partial charge in [-0.3, -0.25) is 0 Å². The van der Waals surface area contributed by atoms with E-state index in [4.69, 9.17) is 4.74 Å². The molecule has 0 heterocycles. The van der Waals surface area contributed by atoms with Crippen LogP contribution in [0.2, 0.25) is 0 Å². The van der Waals surface area contributed by atoms with Crippen LogP contribution in [0.5, 0.6) is 5.75 Å². The molecule has 0 fully saturated rings. The molecule has 0 aromatic heterocycles. The highest BCUT2D eigenvalue weighted by molar-refractivity contribution is 5.87. The fourth-order valence-electron chi connectivity index (χ4n) is 2.15. The monoisotopic (exact) mass is 273 g/mol. The van der Waals surface area contributed by atoms with Crippen molar-refractivity contribution in [1.82, 2.24) is 5.32 Å². The first kappa shape index (κ1) is 14.8. The van der Waals surface area contributed by atoms with E-state index in [0.717, 1.165) is 11.3 Å². The maximum Gasteiger partial charge on any atom is 0.123 e. The molecule has 3 heteroatoms. The quantitative estimate of drug-likeness (QED) is 0.879. The number of nitrogens with one attached hydrogen (secondary N) is 1. The van der Waals surface area contributed by atoms with E-state index < -0.39 is 6.10 Å². The van der Waals surface area contributed by atoms with Gasteiger partial charge in [-0.25, -0.2) is 0 Å². The summed E-state index contributed by atoms with van der Waals surface area (Å²) in [4.78, 5) is 0. The lowest BCUT2D eigenvalue weighted by Gasteiger charge is -2.30. The summed E-state index contributed by atoms with van der Waals surface area (Å²) < 4.78 is 5.48. The zero-order valence-electron chi connectivity index (χ0n) is 12.6. The molecule has 2 rings (SSSR count). The Morgan fingerprint density at radius 2 is 1.90 bits per heavy atom. The molecule has 0 saturated heterocycles. The van der Waals surface area contributed by atoms with Crippen molar-refractivity contribution in [3.05, 3.63) is 42.0 Å². The average Bonchev–Trinajstić information content (AvgIpc) is 2.44. The maximum absolute atomic E-state index is 9.80. The fourth-order valence-corrected chi connectivity index (χ4v) is 2.15. The molecule has 0 spiro atoms. The first-order valence-corrected chi connectivity index (χ1v) is 6.93. The third-order valence-electron chi connectivity index (χ3n) is 3.98. The Balaban J connectivity index is 2.37. The van der Waals surface area contributed by atoms with Crippen molar-refractivity contribution in [3.63, 3.8) is 0 Å². The summed E-state index contributed by atoms with van der Waals surface area (Å²) in [5.41, 5.74) is 0.779. The molecule has 20 heavy (non-hydrogen) atoms. The Morgan fingerprint density at radius 1 is 1.20 bits per heavy atom. The predicted molar refractivity (Wildman–Crippen MR) is 83.1 cm³/mol. The minimum atomic E-state index is -0.427. The van der Waals surface area contributed by atoms with E-state index in [1.54, 1.807) is 14.0 Å². The SMILES string of the molecule is COc1ccc2ccccc2c1CNC(C)(C)C(C)O. The first-order valence-electron chi connectivity index (χ1n) is 6.93. The second-order valence-electron chi connectivity index (χ2n) is 5.72. The van der Waals surface area contributed by atoms with Crippen molar-refractivity contribution in [1.29, 1.82) is 0 Å². The van der Waals surface area contributed by atoms with E-state index in [1.165, 1.54) is 10.8 Å². The van der Waals surface area contributed by atoms with Gasteiger partial charge in [-0.15, -0.1) is 0 Å². The van der Waals surface area contributed by atoms with E-state index in [1.807, 2.05) is 32.0 Å². The van der Waals surface area contributed by atoms with Crippen molar-refractivity contribution in [3.8, 4) is 5.75 Å². The Morgan fingerprint density at radius 3 is 2.55 bits per heavy atom. The van der Waals surface area contributed by atoms with Gasteiger partial charge in [0.05, 0.1) is 13.2 Å². The molecule has 0 bridgehead atoms. The van der Waals surface area contributed by atoms with Crippen LogP contribution in [-0.2, 0) is 6.54 Å². The summed E-state index contributed by atoms with van der Waals surface area (Å²) >= 11 is 0.